The van der Waals surface area contributed by atoms with Crippen molar-refractivity contribution in [2.24, 2.45) is 11.5 Å². The van der Waals surface area contributed by atoms with E-state index in [-0.39, 0.29) is 0 Å². The molecule has 0 bridgehead atoms. The predicted molar refractivity (Wildman–Crippen MR) is 91.1 cm³/mol. The summed E-state index contributed by atoms with van der Waals surface area (Å²) in [6.07, 6.45) is 9.86. The van der Waals surface area contributed by atoms with Gasteiger partial charge in [-0.25, -0.2) is 0 Å². The molecule has 2 aromatic rings. The zero-order valence-corrected chi connectivity index (χ0v) is 12.2. The van der Waals surface area contributed by atoms with Crippen LogP contribution in [0.25, 0.3) is 23.9 Å². The second-order valence-corrected chi connectivity index (χ2v) is 5.80. The lowest BCUT2D eigenvalue weighted by Gasteiger charge is -2.09. The van der Waals surface area contributed by atoms with E-state index in [0.29, 0.717) is 0 Å². The molecule has 1 aromatic heterocycles. The summed E-state index contributed by atoms with van der Waals surface area (Å²) >= 11 is 0. The van der Waals surface area contributed by atoms with Crippen LogP contribution >= 0.6 is 0 Å². The Balaban J connectivity index is 2.08. The van der Waals surface area contributed by atoms with Gasteiger partial charge in [0.15, 0.2) is 0 Å². The predicted octanol–water partition coefficient (Wildman–Crippen LogP) is 0.722. The Labute approximate surface area is 128 Å². The van der Waals surface area contributed by atoms with E-state index >= 15 is 0 Å². The average Bonchev–Trinajstić information content (AvgIpc) is 2.81. The van der Waals surface area contributed by atoms with Gasteiger partial charge in [0.1, 0.15) is 0 Å². The van der Waals surface area contributed by atoms with Crippen LogP contribution in [0.4, 0.5) is 5.69 Å². The van der Waals surface area contributed by atoms with Crippen molar-refractivity contribution >= 4 is 23.9 Å². The molecule has 110 valence electrons. The summed E-state index contributed by atoms with van der Waals surface area (Å²) < 4.78 is 2.26. The summed E-state index contributed by atoms with van der Waals surface area (Å²) in [6, 6.07) is 7.93. The molecule has 0 saturated carbocycles. The molecular formula is C18H18N4. The first kappa shape index (κ1) is 12.8. The molecule has 1 aromatic carbocycles. The zero-order chi connectivity index (χ0) is 15.3. The molecule has 2 aliphatic rings. The Kier molecular flexibility index (Phi) is 2.66. The molecule has 6 N–H and O–H groups in total. The van der Waals surface area contributed by atoms with Gasteiger partial charge in [-0.3, -0.25) is 0 Å². The van der Waals surface area contributed by atoms with Gasteiger partial charge in [-0.2, -0.15) is 0 Å². The summed E-state index contributed by atoms with van der Waals surface area (Å²) in [5.74, 6) is 0. The van der Waals surface area contributed by atoms with Crippen LogP contribution in [-0.2, 0) is 6.42 Å². The maximum atomic E-state index is 6.03. The largest absolute Gasteiger partial charge is 0.402 e. The minimum atomic E-state index is 0.758. The molecule has 22 heavy (non-hydrogen) atoms. The van der Waals surface area contributed by atoms with E-state index in [9.17, 15) is 0 Å². The lowest BCUT2D eigenvalue weighted by molar-refractivity contribution is 0.964. The molecule has 2 aliphatic carbocycles. The standard InChI is InChI=1S/C18H18N4/c19-11-1-5-14(6-2-11)22-17-7-3-12(20)9-15(17)16-10-13(21)4-8-18(16)22/h1-3,5-8,10H,4,9,19-21H2. The molecule has 4 heteroatoms. The minimum absolute atomic E-state index is 0.758. The molecule has 0 fully saturated rings. The zero-order valence-electron chi connectivity index (χ0n) is 12.2. The number of nitrogens with zero attached hydrogens (tertiary/aromatic N) is 1. The second-order valence-electron chi connectivity index (χ2n) is 5.80. The van der Waals surface area contributed by atoms with E-state index in [4.69, 9.17) is 17.2 Å². The first-order chi connectivity index (χ1) is 10.6. The number of hydrogen-bond acceptors (Lipinski definition) is 3. The minimum Gasteiger partial charge on any atom is -0.402 e. The fraction of sp³-hybridized carbons (Fsp3) is 0.111. The van der Waals surface area contributed by atoms with Crippen molar-refractivity contribution in [3.05, 3.63) is 63.6 Å². The maximum absolute atomic E-state index is 6.03. The number of hydrogen-bond donors (Lipinski definition) is 3. The van der Waals surface area contributed by atoms with Crippen molar-refractivity contribution in [1.82, 2.24) is 4.57 Å². The third-order valence-electron chi connectivity index (χ3n) is 4.24. The third kappa shape index (κ3) is 1.84. The van der Waals surface area contributed by atoms with Gasteiger partial charge in [-0.1, -0.05) is 6.08 Å². The number of anilines is 1. The monoisotopic (exact) mass is 290 g/mol. The van der Waals surface area contributed by atoms with Gasteiger partial charge < -0.3 is 21.8 Å². The van der Waals surface area contributed by atoms with Crippen molar-refractivity contribution in [3.63, 3.8) is 0 Å². The highest BCUT2D eigenvalue weighted by Crippen LogP contribution is 2.18. The molecule has 0 saturated heterocycles. The Hall–Kier alpha value is -2.88. The van der Waals surface area contributed by atoms with Gasteiger partial charge in [0.25, 0.3) is 0 Å². The van der Waals surface area contributed by atoms with Gasteiger partial charge >= 0.3 is 0 Å². The summed E-state index contributed by atoms with van der Waals surface area (Å²) in [5.41, 5.74) is 23.9. The fourth-order valence-corrected chi connectivity index (χ4v) is 3.21. The van der Waals surface area contributed by atoms with E-state index in [1.54, 1.807) is 0 Å². The summed E-state index contributed by atoms with van der Waals surface area (Å²) in [5, 5.41) is 2.36. The number of fused-ring (bicyclic) bond motifs is 3. The topological polar surface area (TPSA) is 83.0 Å². The molecule has 0 radical (unpaired) electrons. The molecule has 0 atom stereocenters. The number of benzene rings is 1. The first-order valence-corrected chi connectivity index (χ1v) is 7.35. The molecule has 0 aliphatic heterocycles. The highest BCUT2D eigenvalue weighted by atomic mass is 15.0. The van der Waals surface area contributed by atoms with Gasteiger partial charge in [0.2, 0.25) is 0 Å². The Morgan fingerprint density at radius 2 is 1.64 bits per heavy atom. The highest BCUT2D eigenvalue weighted by molar-refractivity contribution is 5.67. The second kappa shape index (κ2) is 4.56. The smallest absolute Gasteiger partial charge is 0.0505 e. The quantitative estimate of drug-likeness (QED) is 0.677. The molecule has 0 spiro atoms. The number of rotatable bonds is 1. The van der Waals surface area contributed by atoms with Crippen LogP contribution in [0.15, 0.2) is 41.7 Å². The van der Waals surface area contributed by atoms with Crippen LogP contribution in [0.5, 0.6) is 0 Å². The lowest BCUT2D eigenvalue weighted by atomic mass is 10.00. The van der Waals surface area contributed by atoms with Gasteiger partial charge in [0, 0.05) is 41.2 Å². The number of nitrogen functional groups attached to an aromatic ring is 1. The fourth-order valence-electron chi connectivity index (χ4n) is 3.21. The Morgan fingerprint density at radius 1 is 0.864 bits per heavy atom. The molecule has 0 unspecified atom stereocenters. The maximum Gasteiger partial charge on any atom is 0.0505 e. The van der Waals surface area contributed by atoms with E-state index in [1.807, 2.05) is 30.3 Å². The van der Waals surface area contributed by atoms with E-state index < -0.39 is 0 Å². The van der Waals surface area contributed by atoms with E-state index in [2.05, 4.69) is 22.8 Å². The molecule has 4 nitrogen and oxygen atoms in total. The van der Waals surface area contributed by atoms with Crippen molar-refractivity contribution in [1.29, 1.82) is 0 Å². The van der Waals surface area contributed by atoms with Gasteiger partial charge in [-0.15, -0.1) is 0 Å². The van der Waals surface area contributed by atoms with E-state index in [1.165, 1.54) is 21.8 Å². The summed E-state index contributed by atoms with van der Waals surface area (Å²) in [4.78, 5) is 0. The normalized spacial score (nSPS) is 15.8. The lowest BCUT2D eigenvalue weighted by Crippen LogP contribution is -2.28. The average molecular weight is 290 g/mol. The van der Waals surface area contributed by atoms with E-state index in [0.717, 1.165) is 35.6 Å². The van der Waals surface area contributed by atoms with Crippen molar-refractivity contribution < 1.29 is 0 Å². The number of nitrogens with two attached hydrogens (primary N) is 3. The molecule has 0 amide bonds. The SMILES string of the molecule is NC1=Cc2c3c(n(-c4ccc(N)cc4)c2=CC1)=CC=C(N)C3. The van der Waals surface area contributed by atoms with Crippen LogP contribution in [-0.4, -0.2) is 4.57 Å². The number of allylic oxidation sites excluding steroid dienone is 3. The van der Waals surface area contributed by atoms with Crippen LogP contribution in [0, 0.1) is 0 Å². The van der Waals surface area contributed by atoms with Crippen molar-refractivity contribution in [2.75, 3.05) is 5.73 Å². The van der Waals surface area contributed by atoms with Crippen LogP contribution in [0.1, 0.15) is 17.5 Å². The number of aromatic nitrogens is 1. The molecular weight excluding hydrogens is 272 g/mol. The van der Waals surface area contributed by atoms with Crippen LogP contribution < -0.4 is 27.9 Å². The van der Waals surface area contributed by atoms with Crippen molar-refractivity contribution in [2.45, 2.75) is 12.8 Å². The Bertz CT molecular complexity index is 940. The molecule has 4 rings (SSSR count). The van der Waals surface area contributed by atoms with Gasteiger partial charge in [-0.05, 0) is 48.1 Å². The Morgan fingerprint density at radius 3 is 2.41 bits per heavy atom. The molecule has 1 heterocycles. The summed E-state index contributed by atoms with van der Waals surface area (Å²) in [7, 11) is 0. The van der Waals surface area contributed by atoms with Gasteiger partial charge in [0.05, 0.1) is 10.7 Å². The first-order valence-electron chi connectivity index (χ1n) is 7.35. The highest BCUT2D eigenvalue weighted by Gasteiger charge is 2.18. The summed E-state index contributed by atoms with van der Waals surface area (Å²) in [6.45, 7) is 0. The van der Waals surface area contributed by atoms with Crippen LogP contribution in [0.2, 0.25) is 0 Å². The van der Waals surface area contributed by atoms with Crippen molar-refractivity contribution in [3.8, 4) is 5.69 Å². The third-order valence-corrected chi connectivity index (χ3v) is 4.24. The van der Waals surface area contributed by atoms with Crippen LogP contribution in [0.3, 0.4) is 0 Å².